The highest BCUT2D eigenvalue weighted by atomic mass is 19.1. The molecule has 3 aromatic rings. The summed E-state index contributed by atoms with van der Waals surface area (Å²) in [5.74, 6) is -0.958. The number of halogens is 1. The van der Waals surface area contributed by atoms with Gasteiger partial charge in [0.1, 0.15) is 11.5 Å². The van der Waals surface area contributed by atoms with Crippen LogP contribution in [0.2, 0.25) is 0 Å². The van der Waals surface area contributed by atoms with Gasteiger partial charge in [0.15, 0.2) is 0 Å². The Bertz CT molecular complexity index is 1110. The molecule has 0 unspecified atom stereocenters. The van der Waals surface area contributed by atoms with E-state index >= 15 is 0 Å². The van der Waals surface area contributed by atoms with Crippen molar-refractivity contribution in [1.29, 1.82) is 0 Å². The maximum absolute atomic E-state index is 13.0. The summed E-state index contributed by atoms with van der Waals surface area (Å²) in [6.45, 7) is 1.71. The van der Waals surface area contributed by atoms with E-state index in [1.54, 1.807) is 6.92 Å². The second-order valence-electron chi connectivity index (χ2n) is 6.05. The Hall–Kier alpha value is -3.88. The molecule has 1 aromatic heterocycles. The first-order valence-electron chi connectivity index (χ1n) is 8.22. The Labute approximate surface area is 158 Å². The molecule has 0 bridgehead atoms. The first kappa shape index (κ1) is 18.9. The smallest absolute Gasteiger partial charge is 0.276 e. The predicted octanol–water partition coefficient (Wildman–Crippen LogP) is 2.90. The summed E-state index contributed by atoms with van der Waals surface area (Å²) in [4.78, 5) is 34.8. The minimum absolute atomic E-state index is 0.000496. The van der Waals surface area contributed by atoms with Gasteiger partial charge in [0.05, 0.1) is 11.5 Å². The van der Waals surface area contributed by atoms with Crippen LogP contribution in [0.3, 0.4) is 0 Å². The van der Waals surface area contributed by atoms with E-state index in [1.165, 1.54) is 54.6 Å². The Morgan fingerprint density at radius 2 is 1.89 bits per heavy atom. The molecule has 2 aromatic carbocycles. The number of nitrogens with one attached hydrogen (secondary N) is 1. The van der Waals surface area contributed by atoms with Gasteiger partial charge in [-0.15, -0.1) is 0 Å². The van der Waals surface area contributed by atoms with E-state index in [2.05, 4.69) is 10.4 Å². The van der Waals surface area contributed by atoms with Crippen molar-refractivity contribution in [1.82, 2.24) is 9.78 Å². The van der Waals surface area contributed by atoms with Crippen LogP contribution in [0.25, 0.3) is 0 Å². The van der Waals surface area contributed by atoms with Gasteiger partial charge in [0.2, 0.25) is 0 Å². The second kappa shape index (κ2) is 7.78. The quantitative estimate of drug-likeness (QED) is 0.539. The number of anilines is 1. The summed E-state index contributed by atoms with van der Waals surface area (Å²) in [6.07, 6.45) is 0. The zero-order chi connectivity index (χ0) is 20.3. The number of carbonyl (C=O) groups is 1. The number of carbonyl (C=O) groups excluding carboxylic acids is 1. The van der Waals surface area contributed by atoms with Crippen LogP contribution in [-0.4, -0.2) is 20.6 Å². The standard InChI is InChI=1S/C19H15FN4O4/c1-12-10-15(24(27)28)6-7-16(12)21-19(26)17-8-9-18(25)23(22-17)11-13-2-4-14(20)5-3-13/h2-10H,11H2,1H3,(H,21,26). The number of non-ortho nitro benzene ring substituents is 1. The van der Waals surface area contributed by atoms with Gasteiger partial charge in [-0.3, -0.25) is 19.7 Å². The molecule has 0 fully saturated rings. The van der Waals surface area contributed by atoms with Crippen molar-refractivity contribution in [2.75, 3.05) is 5.32 Å². The lowest BCUT2D eigenvalue weighted by molar-refractivity contribution is -0.384. The summed E-state index contributed by atoms with van der Waals surface area (Å²) in [5.41, 5.74) is 1.07. The summed E-state index contributed by atoms with van der Waals surface area (Å²) < 4.78 is 14.1. The lowest BCUT2D eigenvalue weighted by Crippen LogP contribution is -2.26. The SMILES string of the molecule is Cc1cc([N+](=O)[O-])ccc1NC(=O)c1ccc(=O)n(Cc2ccc(F)cc2)n1. The number of aromatic nitrogens is 2. The average Bonchev–Trinajstić information content (AvgIpc) is 2.66. The van der Waals surface area contributed by atoms with Crippen molar-refractivity contribution in [2.45, 2.75) is 13.5 Å². The van der Waals surface area contributed by atoms with Crippen LogP contribution in [0.4, 0.5) is 15.8 Å². The van der Waals surface area contributed by atoms with Crippen molar-refractivity contribution in [3.8, 4) is 0 Å². The number of hydrogen-bond acceptors (Lipinski definition) is 5. The molecule has 0 aliphatic carbocycles. The minimum Gasteiger partial charge on any atom is -0.320 e. The molecule has 8 nitrogen and oxygen atoms in total. The Kier molecular flexibility index (Phi) is 5.25. The lowest BCUT2D eigenvalue weighted by Gasteiger charge is -2.10. The summed E-state index contributed by atoms with van der Waals surface area (Å²) in [6, 6.07) is 12.2. The van der Waals surface area contributed by atoms with Gasteiger partial charge in [0, 0.05) is 23.9 Å². The second-order valence-corrected chi connectivity index (χ2v) is 6.05. The van der Waals surface area contributed by atoms with E-state index in [9.17, 15) is 24.1 Å². The molecule has 0 saturated heterocycles. The number of nitro benzene ring substituents is 1. The molecule has 28 heavy (non-hydrogen) atoms. The number of aryl methyl sites for hydroxylation is 1. The van der Waals surface area contributed by atoms with Crippen LogP contribution in [0.1, 0.15) is 21.6 Å². The van der Waals surface area contributed by atoms with E-state index < -0.39 is 22.2 Å². The Balaban J connectivity index is 1.81. The van der Waals surface area contributed by atoms with Crippen LogP contribution in [-0.2, 0) is 6.54 Å². The van der Waals surface area contributed by atoms with Crippen molar-refractivity contribution in [3.63, 3.8) is 0 Å². The van der Waals surface area contributed by atoms with E-state index in [4.69, 9.17) is 0 Å². The molecule has 0 saturated carbocycles. The van der Waals surface area contributed by atoms with Crippen LogP contribution < -0.4 is 10.9 Å². The predicted molar refractivity (Wildman–Crippen MR) is 99.8 cm³/mol. The highest BCUT2D eigenvalue weighted by molar-refractivity contribution is 6.03. The van der Waals surface area contributed by atoms with Gasteiger partial charge < -0.3 is 5.32 Å². The van der Waals surface area contributed by atoms with Crippen LogP contribution in [0.15, 0.2) is 59.4 Å². The van der Waals surface area contributed by atoms with Gasteiger partial charge in [0.25, 0.3) is 17.2 Å². The largest absolute Gasteiger partial charge is 0.320 e. The molecular formula is C19H15FN4O4. The third kappa shape index (κ3) is 4.26. The zero-order valence-electron chi connectivity index (χ0n) is 14.8. The van der Waals surface area contributed by atoms with E-state index in [0.29, 0.717) is 16.8 Å². The molecule has 1 heterocycles. The Morgan fingerprint density at radius 1 is 1.18 bits per heavy atom. The molecule has 0 spiro atoms. The monoisotopic (exact) mass is 382 g/mol. The van der Waals surface area contributed by atoms with E-state index in [0.717, 1.165) is 4.68 Å². The Morgan fingerprint density at radius 3 is 2.54 bits per heavy atom. The van der Waals surface area contributed by atoms with Gasteiger partial charge in [-0.05, 0) is 42.3 Å². The highest BCUT2D eigenvalue weighted by Gasteiger charge is 2.14. The summed E-state index contributed by atoms with van der Waals surface area (Å²) >= 11 is 0. The number of nitrogens with zero attached hydrogens (tertiary/aromatic N) is 3. The van der Waals surface area contributed by atoms with Crippen molar-refractivity contribution in [3.05, 3.63) is 97.7 Å². The molecule has 1 N–H and O–H groups in total. The first-order chi connectivity index (χ1) is 13.3. The fraction of sp³-hybridized carbons (Fsp3) is 0.105. The zero-order valence-corrected chi connectivity index (χ0v) is 14.8. The van der Waals surface area contributed by atoms with Crippen molar-refractivity contribution >= 4 is 17.3 Å². The summed E-state index contributed by atoms with van der Waals surface area (Å²) in [7, 11) is 0. The highest BCUT2D eigenvalue weighted by Crippen LogP contribution is 2.21. The number of rotatable bonds is 5. The maximum Gasteiger partial charge on any atom is 0.276 e. The van der Waals surface area contributed by atoms with Gasteiger partial charge in [-0.1, -0.05) is 12.1 Å². The molecule has 9 heteroatoms. The lowest BCUT2D eigenvalue weighted by atomic mass is 10.1. The van der Waals surface area contributed by atoms with Gasteiger partial charge >= 0.3 is 0 Å². The molecule has 0 atom stereocenters. The normalized spacial score (nSPS) is 10.5. The third-order valence-corrected chi connectivity index (χ3v) is 4.01. The number of nitro groups is 1. The molecule has 3 rings (SSSR count). The van der Waals surface area contributed by atoms with E-state index in [-0.39, 0.29) is 17.9 Å². The van der Waals surface area contributed by atoms with E-state index in [1.807, 2.05) is 0 Å². The number of amides is 1. The number of benzene rings is 2. The first-order valence-corrected chi connectivity index (χ1v) is 8.22. The van der Waals surface area contributed by atoms with Crippen LogP contribution >= 0.6 is 0 Å². The van der Waals surface area contributed by atoms with Crippen molar-refractivity contribution in [2.24, 2.45) is 0 Å². The third-order valence-electron chi connectivity index (χ3n) is 4.01. The van der Waals surface area contributed by atoms with Gasteiger partial charge in [-0.25, -0.2) is 9.07 Å². The number of hydrogen-bond donors (Lipinski definition) is 1. The average molecular weight is 382 g/mol. The fourth-order valence-corrected chi connectivity index (χ4v) is 2.53. The fourth-order valence-electron chi connectivity index (χ4n) is 2.53. The van der Waals surface area contributed by atoms with Gasteiger partial charge in [-0.2, -0.15) is 5.10 Å². The molecule has 142 valence electrons. The maximum atomic E-state index is 13.0. The van der Waals surface area contributed by atoms with Crippen molar-refractivity contribution < 1.29 is 14.1 Å². The topological polar surface area (TPSA) is 107 Å². The molecule has 1 amide bonds. The molecule has 0 aliphatic heterocycles. The molecule has 0 aliphatic rings. The summed E-state index contributed by atoms with van der Waals surface area (Å²) in [5, 5.41) is 17.5. The molecular weight excluding hydrogens is 367 g/mol. The minimum atomic E-state index is -0.565. The molecule has 0 radical (unpaired) electrons. The van der Waals surface area contributed by atoms with Crippen LogP contribution in [0, 0.1) is 22.9 Å². The van der Waals surface area contributed by atoms with Crippen LogP contribution in [0.5, 0.6) is 0 Å².